The zero-order valence-corrected chi connectivity index (χ0v) is 20.5. The van der Waals surface area contributed by atoms with Gasteiger partial charge in [-0.1, -0.05) is 29.3 Å². The molecule has 9 heteroatoms. The Kier molecular flexibility index (Phi) is 7.93. The van der Waals surface area contributed by atoms with E-state index in [-0.39, 0.29) is 49.5 Å². The Morgan fingerprint density at radius 3 is 2.40 bits per heavy atom. The average molecular weight is 499 g/mol. The Labute approximate surface area is 210 Å². The highest BCUT2D eigenvalue weighted by Gasteiger charge is 2.43. The van der Waals surface area contributed by atoms with Crippen LogP contribution in [0.4, 0.5) is 0 Å². The topological polar surface area (TPSA) is 105 Å². The standard InChI is InChI=1S/C26H31ClN4O4/c1-17-3-2-4-18(15-17)26(34)31-14-13-30(23(32)16-35-22-11-5-19(27)6-12-22)25(31)24(33)29-21-9-7-20(28)8-10-21/h2-6,11-12,15,20-21,25H,7-10,13-14,16,28H2,1H3,(H,29,33). The van der Waals surface area contributed by atoms with E-state index < -0.39 is 6.17 Å². The van der Waals surface area contributed by atoms with E-state index in [0.29, 0.717) is 16.3 Å². The van der Waals surface area contributed by atoms with Crippen LogP contribution in [0.15, 0.2) is 48.5 Å². The summed E-state index contributed by atoms with van der Waals surface area (Å²) < 4.78 is 5.62. The summed E-state index contributed by atoms with van der Waals surface area (Å²) in [5, 5.41) is 3.62. The van der Waals surface area contributed by atoms with Crippen molar-refractivity contribution in [2.24, 2.45) is 5.73 Å². The molecule has 4 rings (SSSR count). The molecule has 1 unspecified atom stereocenters. The van der Waals surface area contributed by atoms with Crippen LogP contribution < -0.4 is 15.8 Å². The number of carbonyl (C=O) groups excluding carboxylic acids is 3. The van der Waals surface area contributed by atoms with Gasteiger partial charge in [-0.2, -0.15) is 0 Å². The van der Waals surface area contributed by atoms with Crippen molar-refractivity contribution in [3.8, 4) is 5.75 Å². The van der Waals surface area contributed by atoms with Crippen LogP contribution in [0, 0.1) is 6.92 Å². The van der Waals surface area contributed by atoms with Crippen LogP contribution in [-0.2, 0) is 9.59 Å². The van der Waals surface area contributed by atoms with Crippen LogP contribution in [0.5, 0.6) is 5.75 Å². The van der Waals surface area contributed by atoms with Gasteiger partial charge in [-0.15, -0.1) is 0 Å². The van der Waals surface area contributed by atoms with Gasteiger partial charge in [0, 0.05) is 35.8 Å². The lowest BCUT2D eigenvalue weighted by Gasteiger charge is -2.32. The van der Waals surface area contributed by atoms with Gasteiger partial charge in [-0.05, 0) is 69.0 Å². The third-order valence-corrected chi connectivity index (χ3v) is 6.80. The summed E-state index contributed by atoms with van der Waals surface area (Å²) in [6.45, 7) is 2.15. The van der Waals surface area contributed by atoms with Gasteiger partial charge in [0.05, 0.1) is 0 Å². The fourth-order valence-electron chi connectivity index (χ4n) is 4.63. The van der Waals surface area contributed by atoms with Crippen LogP contribution in [-0.4, -0.2) is 65.5 Å². The number of nitrogens with zero attached hydrogens (tertiary/aromatic N) is 2. The summed E-state index contributed by atoms with van der Waals surface area (Å²) in [6, 6.07) is 14.0. The van der Waals surface area contributed by atoms with Crippen molar-refractivity contribution in [1.82, 2.24) is 15.1 Å². The minimum absolute atomic E-state index is 0.0268. The van der Waals surface area contributed by atoms with Crippen LogP contribution in [0.1, 0.15) is 41.6 Å². The lowest BCUT2D eigenvalue weighted by atomic mass is 9.92. The maximum absolute atomic E-state index is 13.4. The monoisotopic (exact) mass is 498 g/mol. The van der Waals surface area contributed by atoms with E-state index in [0.717, 1.165) is 31.2 Å². The maximum Gasteiger partial charge on any atom is 0.264 e. The highest BCUT2D eigenvalue weighted by Crippen LogP contribution is 2.23. The number of halogens is 1. The molecule has 8 nitrogen and oxygen atoms in total. The Morgan fingerprint density at radius 1 is 1.03 bits per heavy atom. The quantitative estimate of drug-likeness (QED) is 0.637. The molecular formula is C26H31ClN4O4. The molecule has 3 N–H and O–H groups in total. The van der Waals surface area contributed by atoms with Gasteiger partial charge >= 0.3 is 0 Å². The van der Waals surface area contributed by atoms with Gasteiger partial charge in [-0.25, -0.2) is 0 Å². The Hall–Kier alpha value is -3.10. The van der Waals surface area contributed by atoms with Crippen molar-refractivity contribution >= 4 is 29.3 Å². The molecule has 35 heavy (non-hydrogen) atoms. The molecule has 2 aliphatic rings. The van der Waals surface area contributed by atoms with Gasteiger partial charge < -0.3 is 25.6 Å². The van der Waals surface area contributed by atoms with E-state index in [9.17, 15) is 14.4 Å². The number of hydrogen-bond acceptors (Lipinski definition) is 5. The smallest absolute Gasteiger partial charge is 0.264 e. The molecule has 186 valence electrons. The number of amides is 3. The van der Waals surface area contributed by atoms with Crippen molar-refractivity contribution in [2.75, 3.05) is 19.7 Å². The van der Waals surface area contributed by atoms with E-state index in [1.165, 1.54) is 9.80 Å². The highest BCUT2D eigenvalue weighted by atomic mass is 35.5. The van der Waals surface area contributed by atoms with Gasteiger partial charge in [0.2, 0.25) is 0 Å². The molecule has 1 aliphatic heterocycles. The molecule has 0 bridgehead atoms. The number of rotatable bonds is 6. The van der Waals surface area contributed by atoms with Crippen LogP contribution >= 0.6 is 11.6 Å². The summed E-state index contributed by atoms with van der Waals surface area (Å²) in [7, 11) is 0. The molecule has 1 saturated carbocycles. The summed E-state index contributed by atoms with van der Waals surface area (Å²) in [5.74, 6) is -0.517. The van der Waals surface area contributed by atoms with E-state index in [1.54, 1.807) is 36.4 Å². The number of ether oxygens (including phenoxy) is 1. The Bertz CT molecular complexity index is 1070. The molecule has 3 amide bonds. The predicted molar refractivity (Wildman–Crippen MR) is 133 cm³/mol. The summed E-state index contributed by atoms with van der Waals surface area (Å²) in [4.78, 5) is 42.9. The van der Waals surface area contributed by atoms with Gasteiger partial charge in [0.25, 0.3) is 17.7 Å². The number of carbonyl (C=O) groups is 3. The summed E-state index contributed by atoms with van der Waals surface area (Å²) >= 11 is 5.91. The van der Waals surface area contributed by atoms with E-state index in [1.807, 2.05) is 19.1 Å². The Balaban J connectivity index is 1.51. The predicted octanol–water partition coefficient (Wildman–Crippen LogP) is 2.72. The van der Waals surface area contributed by atoms with E-state index in [4.69, 9.17) is 22.1 Å². The first-order valence-corrected chi connectivity index (χ1v) is 12.3. The normalized spacial score (nSPS) is 22.1. The number of benzene rings is 2. The largest absolute Gasteiger partial charge is 0.484 e. The van der Waals surface area contributed by atoms with Gasteiger partial charge in [0.15, 0.2) is 12.8 Å². The molecular weight excluding hydrogens is 468 g/mol. The first kappa shape index (κ1) is 25.0. The van der Waals surface area contributed by atoms with E-state index >= 15 is 0 Å². The number of nitrogens with one attached hydrogen (secondary N) is 1. The molecule has 1 saturated heterocycles. The zero-order chi connectivity index (χ0) is 24.9. The zero-order valence-electron chi connectivity index (χ0n) is 19.8. The Morgan fingerprint density at radius 2 is 1.71 bits per heavy atom. The van der Waals surface area contributed by atoms with Crippen LogP contribution in [0.2, 0.25) is 5.02 Å². The van der Waals surface area contributed by atoms with Crippen molar-refractivity contribution in [2.45, 2.75) is 50.9 Å². The van der Waals surface area contributed by atoms with E-state index in [2.05, 4.69) is 5.32 Å². The number of hydrogen-bond donors (Lipinski definition) is 2. The summed E-state index contributed by atoms with van der Waals surface area (Å²) in [5.41, 5.74) is 7.43. The minimum Gasteiger partial charge on any atom is -0.484 e. The van der Waals surface area contributed by atoms with Crippen LogP contribution in [0.3, 0.4) is 0 Å². The van der Waals surface area contributed by atoms with Gasteiger partial charge in [0.1, 0.15) is 5.75 Å². The minimum atomic E-state index is -1.04. The average Bonchev–Trinajstić information content (AvgIpc) is 3.30. The SMILES string of the molecule is Cc1cccc(C(=O)N2CCN(C(=O)COc3ccc(Cl)cc3)C2C(=O)NC2CCC(N)CC2)c1. The summed E-state index contributed by atoms with van der Waals surface area (Å²) in [6.07, 6.45) is 2.18. The maximum atomic E-state index is 13.4. The first-order chi connectivity index (χ1) is 16.8. The van der Waals surface area contributed by atoms with Crippen molar-refractivity contribution in [3.63, 3.8) is 0 Å². The lowest BCUT2D eigenvalue weighted by Crippen LogP contribution is -2.56. The third-order valence-electron chi connectivity index (χ3n) is 6.55. The van der Waals surface area contributed by atoms with Gasteiger partial charge in [-0.3, -0.25) is 14.4 Å². The molecule has 0 aromatic heterocycles. The molecule has 0 spiro atoms. The van der Waals surface area contributed by atoms with Crippen molar-refractivity contribution < 1.29 is 19.1 Å². The fraction of sp³-hybridized carbons (Fsp3) is 0.423. The highest BCUT2D eigenvalue weighted by molar-refractivity contribution is 6.30. The van der Waals surface area contributed by atoms with Crippen molar-refractivity contribution in [3.05, 3.63) is 64.7 Å². The molecule has 2 aromatic carbocycles. The molecule has 1 atom stereocenters. The first-order valence-electron chi connectivity index (χ1n) is 11.9. The second-order valence-corrected chi connectivity index (χ2v) is 9.63. The van der Waals surface area contributed by atoms with Crippen LogP contribution in [0.25, 0.3) is 0 Å². The van der Waals surface area contributed by atoms with Crippen molar-refractivity contribution in [1.29, 1.82) is 0 Å². The second kappa shape index (κ2) is 11.1. The molecule has 0 radical (unpaired) electrons. The third kappa shape index (κ3) is 6.13. The molecule has 1 heterocycles. The molecule has 2 fully saturated rings. The molecule has 2 aromatic rings. The number of nitrogens with two attached hydrogens (primary N) is 1. The second-order valence-electron chi connectivity index (χ2n) is 9.19. The fourth-order valence-corrected chi connectivity index (χ4v) is 4.75. The lowest BCUT2D eigenvalue weighted by molar-refractivity contribution is -0.143. The molecule has 1 aliphatic carbocycles. The number of aryl methyl sites for hydroxylation is 1.